The first-order valence-corrected chi connectivity index (χ1v) is 10.6. The van der Waals surface area contributed by atoms with Gasteiger partial charge in [0.2, 0.25) is 0 Å². The summed E-state index contributed by atoms with van der Waals surface area (Å²) < 4.78 is 6.78. The number of rotatable bonds is 7. The second-order valence-electron chi connectivity index (χ2n) is 7.75. The summed E-state index contributed by atoms with van der Waals surface area (Å²) in [5, 5.41) is 18.2. The Morgan fingerprint density at radius 2 is 1.70 bits per heavy atom. The van der Waals surface area contributed by atoms with Gasteiger partial charge in [-0.15, -0.1) is 0 Å². The Balaban J connectivity index is 1.46. The molecule has 9 nitrogen and oxygen atoms in total. The summed E-state index contributed by atoms with van der Waals surface area (Å²) in [7, 11) is 1.53. The van der Waals surface area contributed by atoms with Crippen molar-refractivity contribution in [1.82, 2.24) is 15.1 Å². The number of amides is 2. The van der Waals surface area contributed by atoms with Crippen molar-refractivity contribution in [3.63, 3.8) is 0 Å². The molecule has 3 aromatic rings. The number of benzene rings is 2. The number of ether oxygens (including phenoxy) is 1. The van der Waals surface area contributed by atoms with E-state index in [1.807, 2.05) is 36.4 Å². The van der Waals surface area contributed by atoms with Crippen LogP contribution in [0.25, 0.3) is 11.1 Å². The van der Waals surface area contributed by atoms with Crippen LogP contribution in [0.15, 0.2) is 54.7 Å². The predicted molar refractivity (Wildman–Crippen MR) is 121 cm³/mol. The van der Waals surface area contributed by atoms with E-state index in [1.54, 1.807) is 6.92 Å². The van der Waals surface area contributed by atoms with Crippen LogP contribution >= 0.6 is 0 Å². The van der Waals surface area contributed by atoms with Gasteiger partial charge in [0.1, 0.15) is 18.3 Å². The van der Waals surface area contributed by atoms with Crippen molar-refractivity contribution in [2.24, 2.45) is 7.05 Å². The molecule has 1 aromatic heterocycles. The zero-order chi connectivity index (χ0) is 23.5. The monoisotopic (exact) mass is 448 g/mol. The van der Waals surface area contributed by atoms with Gasteiger partial charge in [-0.3, -0.25) is 14.8 Å². The number of nitrogens with one attached hydrogen (secondary N) is 2. The lowest BCUT2D eigenvalue weighted by Crippen LogP contribution is -2.41. The van der Waals surface area contributed by atoms with Gasteiger partial charge in [0.25, 0.3) is 5.91 Å². The molecule has 1 atom stereocenters. The fraction of sp³-hybridized carbons (Fsp3) is 0.250. The van der Waals surface area contributed by atoms with E-state index in [2.05, 4.69) is 27.9 Å². The second-order valence-corrected chi connectivity index (χ2v) is 7.75. The molecule has 3 N–H and O–H groups in total. The van der Waals surface area contributed by atoms with Crippen LogP contribution in [0, 0.1) is 0 Å². The van der Waals surface area contributed by atoms with Crippen LogP contribution < -0.4 is 10.6 Å². The van der Waals surface area contributed by atoms with Crippen LogP contribution in [-0.2, 0) is 16.6 Å². The standard InChI is InChI=1S/C24H24N4O5/c1-3-19(23(30)31)26-22(29)21-20(12-25-28(21)2)27-24(32)33-13-18-16-10-6-4-8-14(16)15-9-5-7-11-17(15)18/h4-12,18-19H,3,13H2,1-2H3,(H,26,29)(H,27,32)(H,30,31). The smallest absolute Gasteiger partial charge is 0.411 e. The first-order valence-electron chi connectivity index (χ1n) is 10.6. The van der Waals surface area contributed by atoms with Gasteiger partial charge in [-0.05, 0) is 28.7 Å². The molecule has 0 fully saturated rings. The topological polar surface area (TPSA) is 123 Å². The molecular weight excluding hydrogens is 424 g/mol. The lowest BCUT2D eigenvalue weighted by molar-refractivity contribution is -0.139. The van der Waals surface area contributed by atoms with Gasteiger partial charge < -0.3 is 15.2 Å². The van der Waals surface area contributed by atoms with E-state index in [0.717, 1.165) is 22.3 Å². The van der Waals surface area contributed by atoms with E-state index in [9.17, 15) is 19.5 Å². The molecule has 33 heavy (non-hydrogen) atoms. The predicted octanol–water partition coefficient (Wildman–Crippen LogP) is 3.37. The Hall–Kier alpha value is -4.14. The minimum atomic E-state index is -1.14. The molecule has 2 amide bonds. The Morgan fingerprint density at radius 1 is 1.09 bits per heavy atom. The van der Waals surface area contributed by atoms with Crippen LogP contribution in [0.1, 0.15) is 40.9 Å². The maximum Gasteiger partial charge on any atom is 0.411 e. The summed E-state index contributed by atoms with van der Waals surface area (Å²) in [6, 6.07) is 15.0. The third-order valence-electron chi connectivity index (χ3n) is 5.75. The van der Waals surface area contributed by atoms with Gasteiger partial charge >= 0.3 is 12.1 Å². The first kappa shape index (κ1) is 22.1. The summed E-state index contributed by atoms with van der Waals surface area (Å²) in [6.07, 6.45) is 0.802. The van der Waals surface area contributed by atoms with Gasteiger partial charge in [-0.2, -0.15) is 5.10 Å². The Kier molecular flexibility index (Phi) is 6.12. The van der Waals surface area contributed by atoms with Gasteiger partial charge in [0.05, 0.1) is 11.9 Å². The zero-order valence-corrected chi connectivity index (χ0v) is 18.2. The number of carboxylic acid groups (broad SMARTS) is 1. The minimum Gasteiger partial charge on any atom is -0.480 e. The summed E-state index contributed by atoms with van der Waals surface area (Å²) in [6.45, 7) is 1.77. The molecule has 2 aromatic carbocycles. The van der Waals surface area contributed by atoms with Crippen LogP contribution in [0.3, 0.4) is 0 Å². The summed E-state index contributed by atoms with van der Waals surface area (Å²) in [5.41, 5.74) is 4.59. The molecular formula is C24H24N4O5. The van der Waals surface area contributed by atoms with Gasteiger partial charge in [0.15, 0.2) is 0 Å². The molecule has 1 aliphatic rings. The number of anilines is 1. The number of aromatic nitrogens is 2. The molecule has 1 aliphatic carbocycles. The highest BCUT2D eigenvalue weighted by Crippen LogP contribution is 2.44. The van der Waals surface area contributed by atoms with Crippen molar-refractivity contribution in [1.29, 1.82) is 0 Å². The fourth-order valence-corrected chi connectivity index (χ4v) is 4.11. The number of hydrogen-bond acceptors (Lipinski definition) is 5. The lowest BCUT2D eigenvalue weighted by Gasteiger charge is -2.15. The lowest BCUT2D eigenvalue weighted by atomic mass is 9.98. The molecule has 1 heterocycles. The number of carbonyl (C=O) groups is 3. The molecule has 9 heteroatoms. The van der Waals surface area contributed by atoms with Crippen molar-refractivity contribution in [2.45, 2.75) is 25.3 Å². The van der Waals surface area contributed by atoms with E-state index >= 15 is 0 Å². The number of fused-ring (bicyclic) bond motifs is 3. The third-order valence-corrected chi connectivity index (χ3v) is 5.75. The van der Waals surface area contributed by atoms with Crippen LogP contribution in [0.5, 0.6) is 0 Å². The number of carbonyl (C=O) groups excluding carboxylic acids is 2. The van der Waals surface area contributed by atoms with Crippen molar-refractivity contribution in [3.05, 3.63) is 71.5 Å². The van der Waals surface area contributed by atoms with Crippen molar-refractivity contribution >= 4 is 23.7 Å². The largest absolute Gasteiger partial charge is 0.480 e. The molecule has 170 valence electrons. The summed E-state index contributed by atoms with van der Waals surface area (Å²) in [4.78, 5) is 36.4. The highest BCUT2D eigenvalue weighted by atomic mass is 16.5. The van der Waals surface area contributed by atoms with Crippen molar-refractivity contribution in [2.75, 3.05) is 11.9 Å². The fourth-order valence-electron chi connectivity index (χ4n) is 4.11. The van der Waals surface area contributed by atoms with Crippen LogP contribution in [0.2, 0.25) is 0 Å². The number of aliphatic carboxylic acids is 1. The van der Waals surface area contributed by atoms with E-state index in [4.69, 9.17) is 4.74 Å². The Labute approximate surface area is 190 Å². The van der Waals surface area contributed by atoms with Crippen molar-refractivity contribution in [3.8, 4) is 11.1 Å². The van der Waals surface area contributed by atoms with Gasteiger partial charge in [-0.25, -0.2) is 9.59 Å². The third kappa shape index (κ3) is 4.30. The number of carboxylic acids is 1. The maximum absolute atomic E-state index is 12.6. The molecule has 0 bridgehead atoms. The molecule has 0 saturated carbocycles. The number of aryl methyl sites for hydroxylation is 1. The van der Waals surface area contributed by atoms with E-state index in [1.165, 1.54) is 17.9 Å². The second kappa shape index (κ2) is 9.15. The maximum atomic E-state index is 12.6. The zero-order valence-electron chi connectivity index (χ0n) is 18.2. The van der Waals surface area contributed by atoms with E-state index in [-0.39, 0.29) is 30.3 Å². The highest BCUT2D eigenvalue weighted by Gasteiger charge is 2.29. The van der Waals surface area contributed by atoms with Gasteiger partial charge in [-0.1, -0.05) is 55.5 Å². The van der Waals surface area contributed by atoms with Crippen LogP contribution in [-0.4, -0.2) is 45.5 Å². The van der Waals surface area contributed by atoms with Crippen molar-refractivity contribution < 1.29 is 24.2 Å². The normalized spacial score (nSPS) is 13.0. The summed E-state index contributed by atoms with van der Waals surface area (Å²) in [5.74, 6) is -1.89. The minimum absolute atomic E-state index is 0.0307. The number of hydrogen-bond donors (Lipinski definition) is 3. The molecule has 0 spiro atoms. The molecule has 1 unspecified atom stereocenters. The molecule has 4 rings (SSSR count). The first-order chi connectivity index (χ1) is 15.9. The quantitative estimate of drug-likeness (QED) is 0.509. The summed E-state index contributed by atoms with van der Waals surface area (Å²) >= 11 is 0. The van der Waals surface area contributed by atoms with Crippen LogP contribution in [0.4, 0.5) is 10.5 Å². The number of nitrogens with zero attached hydrogens (tertiary/aromatic N) is 2. The molecule has 0 radical (unpaired) electrons. The average molecular weight is 448 g/mol. The molecule has 0 saturated heterocycles. The van der Waals surface area contributed by atoms with Gasteiger partial charge in [0, 0.05) is 13.0 Å². The highest BCUT2D eigenvalue weighted by molar-refractivity contribution is 6.02. The van der Waals surface area contributed by atoms with E-state index < -0.39 is 24.0 Å². The SMILES string of the molecule is CCC(NC(=O)c1c(NC(=O)OCC2c3ccccc3-c3ccccc32)cnn1C)C(=O)O. The molecule has 0 aliphatic heterocycles. The average Bonchev–Trinajstić information content (AvgIpc) is 3.33. The van der Waals surface area contributed by atoms with E-state index in [0.29, 0.717) is 0 Å². The Morgan fingerprint density at radius 3 is 2.27 bits per heavy atom. The Bertz CT molecular complexity index is 1170.